The molecule has 0 aliphatic carbocycles. The van der Waals surface area contributed by atoms with Crippen LogP contribution in [-0.2, 0) is 29.6 Å². The van der Waals surface area contributed by atoms with Gasteiger partial charge in [-0.25, -0.2) is 16.8 Å². The third-order valence-corrected chi connectivity index (χ3v) is 10.1. The SMILES string of the molecule is COc1cc(N=Nc2cccc(SOO[O-])c2)ccc1N=Nc1ccc(N=Nc2c(S(=O)(=O)[O-])cc3ccc(Nc4cccc(S(=O)(=O)[O-])c4)cc3c2O)cc1C.[Li+].[Li+].[Li+]. The number of aryl methyl sites for hydroxylation is 1. The maximum Gasteiger partial charge on any atom is 1.00 e. The molecule has 0 amide bonds. The van der Waals surface area contributed by atoms with E-state index in [1.165, 1.54) is 43.5 Å². The van der Waals surface area contributed by atoms with Gasteiger partial charge in [-0.2, -0.15) is 24.8 Å². The second kappa shape index (κ2) is 21.9. The van der Waals surface area contributed by atoms with Crippen LogP contribution in [0.2, 0.25) is 0 Å². The van der Waals surface area contributed by atoms with Crippen molar-refractivity contribution in [3.05, 3.63) is 115 Å². The average Bonchev–Trinajstić information content (AvgIpc) is 3.18. The second-order valence-corrected chi connectivity index (χ2v) is 15.2. The van der Waals surface area contributed by atoms with E-state index in [0.717, 1.165) is 30.2 Å². The number of methoxy groups -OCH3 is 1. The molecule has 0 unspecified atom stereocenters. The van der Waals surface area contributed by atoms with Gasteiger partial charge in [0.2, 0.25) is 0 Å². The quantitative estimate of drug-likeness (QED) is 0.0363. The number of phenolic OH excluding ortho intramolecular Hbond substituents is 1. The van der Waals surface area contributed by atoms with Crippen LogP contribution in [0.25, 0.3) is 10.8 Å². The zero-order valence-corrected chi connectivity index (χ0v) is 34.8. The summed E-state index contributed by atoms with van der Waals surface area (Å²) in [6, 6.07) is 26.9. The minimum Gasteiger partial charge on any atom is -0.744 e. The molecule has 2 N–H and O–H groups in total. The van der Waals surface area contributed by atoms with Gasteiger partial charge in [0.25, 0.3) is 0 Å². The molecule has 0 saturated heterocycles. The molecule has 18 nitrogen and oxygen atoms in total. The molecule has 0 heterocycles. The van der Waals surface area contributed by atoms with E-state index in [2.05, 4.69) is 45.4 Å². The molecule has 6 aromatic carbocycles. The number of phenols is 1. The molecule has 0 bridgehead atoms. The van der Waals surface area contributed by atoms with Gasteiger partial charge in [0.05, 0.1) is 51.7 Å². The molecular weight excluding hydrogens is 823 g/mol. The third kappa shape index (κ3) is 12.8. The molecule has 0 aliphatic rings. The molecule has 0 radical (unpaired) electrons. The van der Waals surface area contributed by atoms with Crippen LogP contribution in [0.1, 0.15) is 5.56 Å². The van der Waals surface area contributed by atoms with E-state index in [-0.39, 0.29) is 78.7 Å². The number of aromatic hydroxyl groups is 1. The van der Waals surface area contributed by atoms with Crippen molar-refractivity contribution in [2.45, 2.75) is 21.6 Å². The fourth-order valence-corrected chi connectivity index (χ4v) is 6.78. The number of fused-ring (bicyclic) bond motifs is 1. The zero-order valence-electron chi connectivity index (χ0n) is 32.3. The number of hydrogen-bond donors (Lipinski definition) is 2. The van der Waals surface area contributed by atoms with Crippen molar-refractivity contribution in [2.75, 3.05) is 12.4 Å². The predicted molar refractivity (Wildman–Crippen MR) is 202 cm³/mol. The topological polar surface area (TPSA) is 272 Å². The van der Waals surface area contributed by atoms with E-state index in [4.69, 9.17) is 4.74 Å². The first-order valence-corrected chi connectivity index (χ1v) is 19.6. The summed E-state index contributed by atoms with van der Waals surface area (Å²) < 4.78 is 80.9. The number of nitrogens with one attached hydrogen (secondary N) is 1. The summed E-state index contributed by atoms with van der Waals surface area (Å²) in [5.74, 6) is -0.297. The molecule has 6 rings (SSSR count). The Morgan fingerprint density at radius 1 is 0.667 bits per heavy atom. The van der Waals surface area contributed by atoms with Gasteiger partial charge in [-0.1, -0.05) is 18.2 Å². The number of ether oxygens (including phenoxy) is 1. The monoisotopic (exact) mass is 849 g/mol. The minimum atomic E-state index is -5.14. The van der Waals surface area contributed by atoms with Gasteiger partial charge in [0, 0.05) is 27.7 Å². The number of nitrogens with zero attached hydrogens (tertiary/aromatic N) is 6. The van der Waals surface area contributed by atoms with Crippen molar-refractivity contribution >= 4 is 88.6 Å². The normalized spacial score (nSPS) is 11.7. The molecule has 292 valence electrons. The minimum absolute atomic E-state index is 0. The van der Waals surface area contributed by atoms with Crippen LogP contribution in [0, 0.1) is 6.92 Å². The van der Waals surface area contributed by atoms with Crippen LogP contribution in [0.3, 0.4) is 0 Å². The van der Waals surface area contributed by atoms with E-state index >= 15 is 0 Å². The molecular formula is C36H26Li3N7O11S3. The molecule has 0 aromatic heterocycles. The number of azo groups is 3. The van der Waals surface area contributed by atoms with Crippen molar-refractivity contribution in [1.29, 1.82) is 0 Å². The first kappa shape index (κ1) is 50.0. The van der Waals surface area contributed by atoms with E-state index in [0.29, 0.717) is 44.6 Å². The Kier molecular flexibility index (Phi) is 18.3. The fraction of sp³-hybridized carbons (Fsp3) is 0.0556. The van der Waals surface area contributed by atoms with Crippen molar-refractivity contribution in [3.63, 3.8) is 0 Å². The van der Waals surface area contributed by atoms with Crippen LogP contribution in [0.4, 0.5) is 45.5 Å². The first-order chi connectivity index (χ1) is 27.2. The number of benzene rings is 6. The molecule has 0 fully saturated rings. The summed E-state index contributed by atoms with van der Waals surface area (Å²) >= 11 is 0.726. The van der Waals surface area contributed by atoms with E-state index < -0.39 is 41.5 Å². The van der Waals surface area contributed by atoms with Crippen LogP contribution in [0.15, 0.2) is 155 Å². The number of hydrogen-bond acceptors (Lipinski definition) is 19. The summed E-state index contributed by atoms with van der Waals surface area (Å²) in [5, 5.41) is 52.9. The Morgan fingerprint density at radius 3 is 1.97 bits per heavy atom. The van der Waals surface area contributed by atoms with Gasteiger partial charge < -0.3 is 29.5 Å². The summed E-state index contributed by atoms with van der Waals surface area (Å²) in [7, 11) is -8.40. The zero-order chi connectivity index (χ0) is 40.7. The van der Waals surface area contributed by atoms with Crippen LogP contribution in [0.5, 0.6) is 11.5 Å². The van der Waals surface area contributed by atoms with Crippen LogP contribution in [-0.4, -0.2) is 38.2 Å². The Labute approximate surface area is 383 Å². The van der Waals surface area contributed by atoms with Crippen LogP contribution < -0.4 is 71.9 Å². The van der Waals surface area contributed by atoms with E-state index in [1.54, 1.807) is 61.5 Å². The smallest absolute Gasteiger partial charge is 0.744 e. The molecule has 0 aliphatic heterocycles. The van der Waals surface area contributed by atoms with Crippen molar-refractivity contribution in [2.24, 2.45) is 30.7 Å². The third-order valence-electron chi connectivity index (χ3n) is 7.86. The average molecular weight is 850 g/mol. The van der Waals surface area contributed by atoms with Gasteiger partial charge in [0.15, 0.2) is 5.75 Å². The molecule has 0 atom stereocenters. The number of anilines is 2. The molecule has 6 aromatic rings. The maximum atomic E-state index is 12.3. The Bertz CT molecular complexity index is 2820. The Balaban J connectivity index is 0.00000320. The summed E-state index contributed by atoms with van der Waals surface area (Å²) in [6.45, 7) is 1.72. The molecule has 60 heavy (non-hydrogen) atoms. The Morgan fingerprint density at radius 2 is 1.30 bits per heavy atom. The first-order valence-electron chi connectivity index (χ1n) is 16.1. The largest absolute Gasteiger partial charge is 1.00 e. The molecule has 24 heteroatoms. The van der Waals surface area contributed by atoms with Gasteiger partial charge in [0.1, 0.15) is 37.4 Å². The number of rotatable bonds is 14. The second-order valence-electron chi connectivity index (χ2n) is 11.7. The summed E-state index contributed by atoms with van der Waals surface area (Å²) in [4.78, 5) is -0.686. The van der Waals surface area contributed by atoms with Gasteiger partial charge in [-0.3, -0.25) is 5.04 Å². The van der Waals surface area contributed by atoms with Crippen molar-refractivity contribution in [3.8, 4) is 11.5 Å². The van der Waals surface area contributed by atoms with Gasteiger partial charge in [-0.15, -0.1) is 10.2 Å². The standard InChI is InChI=1S/C36H29N7O11S3.3Li/c1-21-15-26(11-13-31(21)41-42-32-14-12-27(20-33(32)52-2)39-38-25-6-3-7-28(17-25)55-54-53-45)40-43-35-34(57(49,50)51)16-22-9-10-24(19-30(22)36(35)44)37-23-5-4-8-29(18-23)56(46,47)48;;;/h3-20,37,44-45H,1-2H3,(H,46,47,48)(H,49,50,51);;;/q;3*+1/p-3. The van der Waals surface area contributed by atoms with E-state index in [1.807, 2.05) is 0 Å². The van der Waals surface area contributed by atoms with Gasteiger partial charge in [-0.05, 0) is 103 Å². The van der Waals surface area contributed by atoms with Crippen molar-refractivity contribution in [1.82, 2.24) is 0 Å². The molecule has 0 saturated carbocycles. The summed E-state index contributed by atoms with van der Waals surface area (Å²) in [6.07, 6.45) is 0. The predicted octanol–water partition coefficient (Wildman–Crippen LogP) is -0.0970. The summed E-state index contributed by atoms with van der Waals surface area (Å²) in [5.41, 5.74) is 2.58. The Hall–Kier alpha value is -4.38. The molecule has 0 spiro atoms. The van der Waals surface area contributed by atoms with Crippen LogP contribution >= 0.6 is 12.0 Å². The maximum absolute atomic E-state index is 12.3. The van der Waals surface area contributed by atoms with Gasteiger partial charge >= 0.3 is 56.6 Å². The van der Waals surface area contributed by atoms with E-state index in [9.17, 15) is 36.3 Å². The van der Waals surface area contributed by atoms with Crippen molar-refractivity contribution < 1.29 is 107 Å². The fourth-order valence-electron chi connectivity index (χ4n) is 5.21.